The van der Waals surface area contributed by atoms with Gasteiger partial charge in [-0.15, -0.1) is 0 Å². The second kappa shape index (κ2) is 5.83. The minimum Gasteiger partial charge on any atom is -0.496 e. The third-order valence-corrected chi connectivity index (χ3v) is 3.69. The first-order chi connectivity index (χ1) is 9.51. The number of ether oxygens (including phenoxy) is 1. The van der Waals surface area contributed by atoms with E-state index in [0.717, 1.165) is 5.56 Å². The van der Waals surface area contributed by atoms with Crippen molar-refractivity contribution in [1.29, 1.82) is 0 Å². The highest BCUT2D eigenvalue weighted by Gasteiger charge is 2.08. The van der Waals surface area contributed by atoms with Gasteiger partial charge in [0, 0.05) is 30.1 Å². The molecule has 0 aliphatic heterocycles. The molecule has 7 nitrogen and oxygen atoms in total. The van der Waals surface area contributed by atoms with E-state index in [2.05, 4.69) is 10.1 Å². The third-order valence-electron chi connectivity index (χ3n) is 2.62. The standard InChI is InChI=1S/C12H14N4O3S/c1-16-12(14-10(17)11(18)15-16)20-6-7-3-4-8(13)5-9(7)19-2/h3-5H,6,13H2,1-2H3,(H,15,18). The molecule has 0 unspecified atom stereocenters. The molecule has 2 rings (SSSR count). The van der Waals surface area contributed by atoms with Crippen LogP contribution in [0.4, 0.5) is 5.69 Å². The van der Waals surface area contributed by atoms with Gasteiger partial charge in [-0.1, -0.05) is 17.8 Å². The Labute approximate surface area is 118 Å². The predicted octanol–water partition coefficient (Wildman–Crippen LogP) is 0.352. The van der Waals surface area contributed by atoms with Crippen LogP contribution in [0.1, 0.15) is 5.56 Å². The smallest absolute Gasteiger partial charge is 0.339 e. The first-order valence-electron chi connectivity index (χ1n) is 5.74. The maximum absolute atomic E-state index is 11.2. The molecule has 1 heterocycles. The predicted molar refractivity (Wildman–Crippen MR) is 77.1 cm³/mol. The molecule has 0 spiro atoms. The van der Waals surface area contributed by atoms with Crippen molar-refractivity contribution in [3.8, 4) is 5.75 Å². The quantitative estimate of drug-likeness (QED) is 0.479. The highest BCUT2D eigenvalue weighted by Crippen LogP contribution is 2.27. The Bertz CT molecular complexity index is 738. The Morgan fingerprint density at radius 2 is 2.20 bits per heavy atom. The molecule has 0 radical (unpaired) electrons. The van der Waals surface area contributed by atoms with Crippen LogP contribution in [0, 0.1) is 0 Å². The van der Waals surface area contributed by atoms with Gasteiger partial charge in [-0.05, 0) is 6.07 Å². The normalized spacial score (nSPS) is 10.5. The molecular weight excluding hydrogens is 280 g/mol. The van der Waals surface area contributed by atoms with E-state index >= 15 is 0 Å². The summed E-state index contributed by atoms with van der Waals surface area (Å²) in [4.78, 5) is 26.1. The van der Waals surface area contributed by atoms with E-state index in [-0.39, 0.29) is 0 Å². The second-order valence-electron chi connectivity index (χ2n) is 4.06. The molecule has 0 amide bonds. The number of H-pyrrole nitrogens is 1. The van der Waals surface area contributed by atoms with Gasteiger partial charge in [0.05, 0.1) is 7.11 Å². The molecule has 1 aromatic carbocycles. The summed E-state index contributed by atoms with van der Waals surface area (Å²) >= 11 is 1.32. The number of nitrogens with zero attached hydrogens (tertiary/aromatic N) is 2. The van der Waals surface area contributed by atoms with Gasteiger partial charge in [0.25, 0.3) is 0 Å². The number of benzene rings is 1. The summed E-state index contributed by atoms with van der Waals surface area (Å²) < 4.78 is 6.66. The zero-order chi connectivity index (χ0) is 14.7. The van der Waals surface area contributed by atoms with Gasteiger partial charge in [-0.25, -0.2) is 0 Å². The monoisotopic (exact) mass is 294 g/mol. The van der Waals surface area contributed by atoms with Crippen LogP contribution in [-0.2, 0) is 12.8 Å². The number of nitrogens with two attached hydrogens (primary N) is 1. The van der Waals surface area contributed by atoms with E-state index in [0.29, 0.717) is 22.3 Å². The van der Waals surface area contributed by atoms with Crippen molar-refractivity contribution in [2.24, 2.45) is 7.05 Å². The molecule has 0 saturated heterocycles. The van der Waals surface area contributed by atoms with Gasteiger partial charge < -0.3 is 10.5 Å². The van der Waals surface area contributed by atoms with Crippen LogP contribution in [0.5, 0.6) is 5.75 Å². The van der Waals surface area contributed by atoms with Crippen molar-refractivity contribution >= 4 is 17.4 Å². The fraction of sp³-hybridized carbons (Fsp3) is 0.250. The average Bonchev–Trinajstić information content (AvgIpc) is 2.42. The van der Waals surface area contributed by atoms with Crippen LogP contribution in [0.25, 0.3) is 0 Å². The fourth-order valence-corrected chi connectivity index (χ4v) is 2.52. The maximum atomic E-state index is 11.2. The Balaban J connectivity index is 2.23. The minimum atomic E-state index is -0.796. The zero-order valence-electron chi connectivity index (χ0n) is 11.0. The van der Waals surface area contributed by atoms with E-state index in [9.17, 15) is 9.59 Å². The van der Waals surface area contributed by atoms with Crippen molar-refractivity contribution in [3.05, 3.63) is 44.5 Å². The van der Waals surface area contributed by atoms with Gasteiger partial charge in [0.1, 0.15) is 5.75 Å². The third kappa shape index (κ3) is 3.02. The number of aromatic amines is 1. The minimum absolute atomic E-state index is 0.425. The zero-order valence-corrected chi connectivity index (χ0v) is 11.9. The van der Waals surface area contributed by atoms with Gasteiger partial charge in [-0.3, -0.25) is 19.4 Å². The Kier molecular flexibility index (Phi) is 4.14. The number of aromatic nitrogens is 3. The van der Waals surface area contributed by atoms with Gasteiger partial charge in [0.2, 0.25) is 0 Å². The summed E-state index contributed by atoms with van der Waals surface area (Å²) in [5.41, 5.74) is 5.70. The Hall–Kier alpha value is -2.22. The Morgan fingerprint density at radius 1 is 1.45 bits per heavy atom. The van der Waals surface area contributed by atoms with E-state index in [1.165, 1.54) is 16.4 Å². The van der Waals surface area contributed by atoms with Crippen LogP contribution in [0.15, 0.2) is 32.9 Å². The largest absolute Gasteiger partial charge is 0.496 e. The van der Waals surface area contributed by atoms with Crippen molar-refractivity contribution in [1.82, 2.24) is 14.8 Å². The lowest BCUT2D eigenvalue weighted by Crippen LogP contribution is -2.33. The SMILES string of the molecule is COc1cc(N)ccc1CSc1nc(=O)c(=O)[nH]n1C. The molecule has 8 heteroatoms. The molecule has 0 aliphatic carbocycles. The molecule has 0 aliphatic rings. The highest BCUT2D eigenvalue weighted by molar-refractivity contribution is 7.98. The highest BCUT2D eigenvalue weighted by atomic mass is 32.2. The number of hydrogen-bond donors (Lipinski definition) is 2. The number of anilines is 1. The first-order valence-corrected chi connectivity index (χ1v) is 6.72. The van der Waals surface area contributed by atoms with E-state index in [1.54, 1.807) is 26.3 Å². The number of nitrogen functional groups attached to an aromatic ring is 1. The molecule has 1 aromatic heterocycles. The van der Waals surface area contributed by atoms with Crippen LogP contribution < -0.4 is 21.6 Å². The van der Waals surface area contributed by atoms with Crippen LogP contribution in [0.3, 0.4) is 0 Å². The number of hydrogen-bond acceptors (Lipinski definition) is 6. The first kappa shape index (κ1) is 14.2. The van der Waals surface area contributed by atoms with E-state index in [4.69, 9.17) is 10.5 Å². The summed E-state index contributed by atoms with van der Waals surface area (Å²) in [5.74, 6) is 1.21. The second-order valence-corrected chi connectivity index (χ2v) is 5.00. The summed E-state index contributed by atoms with van der Waals surface area (Å²) in [6.07, 6.45) is 0. The number of rotatable bonds is 4. The summed E-state index contributed by atoms with van der Waals surface area (Å²) in [7, 11) is 3.19. The lowest BCUT2D eigenvalue weighted by Gasteiger charge is -2.10. The van der Waals surface area contributed by atoms with E-state index in [1.807, 2.05) is 6.07 Å². The van der Waals surface area contributed by atoms with Crippen molar-refractivity contribution in [2.75, 3.05) is 12.8 Å². The van der Waals surface area contributed by atoms with Crippen LogP contribution in [-0.4, -0.2) is 21.9 Å². The van der Waals surface area contributed by atoms with Crippen LogP contribution >= 0.6 is 11.8 Å². The summed E-state index contributed by atoms with van der Waals surface area (Å²) in [5, 5.41) is 2.82. The van der Waals surface area contributed by atoms with Crippen molar-refractivity contribution < 1.29 is 4.74 Å². The average molecular weight is 294 g/mol. The summed E-state index contributed by atoms with van der Waals surface area (Å²) in [6, 6.07) is 5.36. The molecule has 0 atom stereocenters. The van der Waals surface area contributed by atoms with E-state index < -0.39 is 11.1 Å². The fourth-order valence-electron chi connectivity index (χ4n) is 1.61. The lowest BCUT2D eigenvalue weighted by atomic mass is 10.2. The number of thioether (sulfide) groups is 1. The molecule has 3 N–H and O–H groups in total. The molecular formula is C12H14N4O3S. The van der Waals surface area contributed by atoms with Gasteiger partial charge in [-0.2, -0.15) is 4.98 Å². The molecule has 0 fully saturated rings. The number of methoxy groups -OCH3 is 1. The van der Waals surface area contributed by atoms with Gasteiger partial charge in [0.15, 0.2) is 5.16 Å². The summed E-state index contributed by atoms with van der Waals surface area (Å²) in [6.45, 7) is 0. The Morgan fingerprint density at radius 3 is 2.90 bits per heavy atom. The topological polar surface area (TPSA) is 103 Å². The van der Waals surface area contributed by atoms with Crippen LogP contribution in [0.2, 0.25) is 0 Å². The molecule has 2 aromatic rings. The van der Waals surface area contributed by atoms with Crippen molar-refractivity contribution in [3.63, 3.8) is 0 Å². The van der Waals surface area contributed by atoms with Crippen molar-refractivity contribution in [2.45, 2.75) is 10.9 Å². The molecule has 20 heavy (non-hydrogen) atoms. The number of nitrogens with one attached hydrogen (secondary N) is 1. The number of aryl methyl sites for hydroxylation is 1. The lowest BCUT2D eigenvalue weighted by molar-refractivity contribution is 0.411. The van der Waals surface area contributed by atoms with Gasteiger partial charge >= 0.3 is 11.1 Å². The molecule has 106 valence electrons. The molecule has 0 saturated carbocycles. The maximum Gasteiger partial charge on any atom is 0.339 e. The molecule has 0 bridgehead atoms.